The molecular weight excluding hydrogens is 420 g/mol. The van der Waals surface area contributed by atoms with Gasteiger partial charge in [0.1, 0.15) is 0 Å². The molecule has 0 unspecified atom stereocenters. The van der Waals surface area contributed by atoms with E-state index in [1.807, 2.05) is 24.3 Å². The van der Waals surface area contributed by atoms with Crippen molar-refractivity contribution in [1.29, 1.82) is 0 Å². The normalized spacial score (nSPS) is 12.1. The van der Waals surface area contributed by atoms with Gasteiger partial charge in [-0.1, -0.05) is 55.2 Å². The standard InChI is InChI=1S/C21H20O6.C6H6/c1-26-20-11-14(5-9-18(20)24)3-7-16(22)13-17(23)8-4-15-6-10-19(25)21(12-15)27-2;1-6-4-2-3-5-6/h3-12,24-25H,13H2,1-2H3;2-5H,1H2/b7-3+,8-4+;. The lowest BCUT2D eigenvalue weighted by Crippen LogP contribution is -2.01. The summed E-state index contributed by atoms with van der Waals surface area (Å²) >= 11 is 0. The van der Waals surface area contributed by atoms with E-state index < -0.39 is 0 Å². The Morgan fingerprint density at radius 1 is 0.818 bits per heavy atom. The molecule has 0 aromatic heterocycles. The van der Waals surface area contributed by atoms with Crippen LogP contribution in [0.4, 0.5) is 0 Å². The zero-order valence-electron chi connectivity index (χ0n) is 18.5. The summed E-state index contributed by atoms with van der Waals surface area (Å²) in [5, 5.41) is 19.1. The number of hydrogen-bond donors (Lipinski definition) is 2. The number of carbonyl (C=O) groups is 2. The fourth-order valence-electron chi connectivity index (χ4n) is 2.68. The molecule has 0 bridgehead atoms. The Hall–Kier alpha value is -4.32. The van der Waals surface area contributed by atoms with Gasteiger partial charge >= 0.3 is 0 Å². The van der Waals surface area contributed by atoms with E-state index in [-0.39, 0.29) is 29.5 Å². The third-order valence-corrected chi connectivity index (χ3v) is 4.41. The van der Waals surface area contributed by atoms with Gasteiger partial charge in [0.2, 0.25) is 0 Å². The second-order valence-corrected chi connectivity index (χ2v) is 6.93. The van der Waals surface area contributed by atoms with Crippen molar-refractivity contribution in [2.45, 2.75) is 6.42 Å². The number of phenols is 2. The fraction of sp³-hybridized carbons (Fsp3) is 0.111. The van der Waals surface area contributed by atoms with Crippen molar-refractivity contribution in [3.8, 4) is 23.0 Å². The molecule has 170 valence electrons. The smallest absolute Gasteiger partial charge is 0.163 e. The summed E-state index contributed by atoms with van der Waals surface area (Å²) in [7, 11) is 2.87. The first-order valence-corrected chi connectivity index (χ1v) is 10.0. The number of benzene rings is 2. The lowest BCUT2D eigenvalue weighted by atomic mass is 10.1. The van der Waals surface area contributed by atoms with Crippen LogP contribution >= 0.6 is 0 Å². The second-order valence-electron chi connectivity index (χ2n) is 6.93. The van der Waals surface area contributed by atoms with Crippen molar-refractivity contribution in [2.75, 3.05) is 14.2 Å². The van der Waals surface area contributed by atoms with Crippen LogP contribution in [0.1, 0.15) is 17.5 Å². The monoisotopic (exact) mass is 446 g/mol. The maximum absolute atomic E-state index is 11.9. The van der Waals surface area contributed by atoms with Crippen LogP contribution in [0.5, 0.6) is 23.0 Å². The average Bonchev–Trinajstić information content (AvgIpc) is 3.29. The largest absolute Gasteiger partial charge is 0.504 e. The minimum absolute atomic E-state index is 0.00662. The number of aromatic hydroxyl groups is 2. The van der Waals surface area contributed by atoms with Crippen LogP contribution in [-0.4, -0.2) is 36.0 Å². The highest BCUT2D eigenvalue weighted by Gasteiger charge is 2.06. The minimum Gasteiger partial charge on any atom is -0.504 e. The number of phenolic OH excluding ortho intramolecular Hbond substituents is 2. The summed E-state index contributed by atoms with van der Waals surface area (Å²) in [6.07, 6.45) is 13.3. The van der Waals surface area contributed by atoms with Gasteiger partial charge in [-0.25, -0.2) is 0 Å². The molecule has 3 rings (SSSR count). The second kappa shape index (κ2) is 12.5. The Morgan fingerprint density at radius 2 is 1.24 bits per heavy atom. The maximum Gasteiger partial charge on any atom is 0.163 e. The van der Waals surface area contributed by atoms with Crippen LogP contribution in [0, 0.1) is 0 Å². The Bertz CT molecular complexity index is 1050. The molecular formula is C27H26O6. The maximum atomic E-state index is 11.9. The van der Waals surface area contributed by atoms with Crippen LogP contribution in [-0.2, 0) is 9.59 Å². The highest BCUT2D eigenvalue weighted by molar-refractivity contribution is 6.10. The van der Waals surface area contributed by atoms with Crippen molar-refractivity contribution in [2.24, 2.45) is 0 Å². The molecule has 33 heavy (non-hydrogen) atoms. The van der Waals surface area contributed by atoms with Crippen molar-refractivity contribution in [1.82, 2.24) is 0 Å². The van der Waals surface area contributed by atoms with Crippen molar-refractivity contribution in [3.05, 3.63) is 96.1 Å². The molecule has 0 atom stereocenters. The van der Waals surface area contributed by atoms with Crippen molar-refractivity contribution in [3.63, 3.8) is 0 Å². The Labute approximate surface area is 193 Å². The minimum atomic E-state index is -0.347. The average molecular weight is 446 g/mol. The number of ether oxygens (including phenoxy) is 2. The van der Waals surface area contributed by atoms with Gasteiger partial charge in [-0.15, -0.1) is 0 Å². The van der Waals surface area contributed by atoms with E-state index in [9.17, 15) is 19.8 Å². The predicted molar refractivity (Wildman–Crippen MR) is 129 cm³/mol. The zero-order valence-corrected chi connectivity index (χ0v) is 18.5. The van der Waals surface area contributed by atoms with E-state index in [0.717, 1.165) is 5.57 Å². The van der Waals surface area contributed by atoms with Crippen LogP contribution in [0.15, 0.2) is 85.0 Å². The molecule has 6 nitrogen and oxygen atoms in total. The van der Waals surface area contributed by atoms with Gasteiger partial charge in [-0.3, -0.25) is 9.59 Å². The molecule has 0 radical (unpaired) electrons. The summed E-state index contributed by atoms with van der Waals surface area (Å²) in [6.45, 7) is 3.68. The first kappa shape index (κ1) is 24.9. The summed E-state index contributed by atoms with van der Waals surface area (Å²) in [5.41, 5.74) is 2.42. The van der Waals surface area contributed by atoms with Crippen LogP contribution in [0.25, 0.3) is 12.2 Å². The van der Waals surface area contributed by atoms with E-state index in [4.69, 9.17) is 9.47 Å². The molecule has 1 aliphatic carbocycles. The molecule has 0 saturated carbocycles. The van der Waals surface area contributed by atoms with Gasteiger partial charge in [0, 0.05) is 0 Å². The van der Waals surface area contributed by atoms with Gasteiger partial charge < -0.3 is 19.7 Å². The number of hydrogen-bond acceptors (Lipinski definition) is 6. The first-order chi connectivity index (χ1) is 15.8. The number of carbonyl (C=O) groups excluding carboxylic acids is 2. The molecule has 6 heteroatoms. The number of ketones is 2. The third-order valence-electron chi connectivity index (χ3n) is 4.41. The Kier molecular flexibility index (Phi) is 9.46. The van der Waals surface area contributed by atoms with Crippen LogP contribution in [0.2, 0.25) is 0 Å². The first-order valence-electron chi connectivity index (χ1n) is 10.0. The van der Waals surface area contributed by atoms with Gasteiger partial charge in [0.15, 0.2) is 34.6 Å². The highest BCUT2D eigenvalue weighted by atomic mass is 16.5. The lowest BCUT2D eigenvalue weighted by Gasteiger charge is -2.03. The van der Waals surface area contributed by atoms with Gasteiger partial charge in [-0.2, -0.15) is 0 Å². The van der Waals surface area contributed by atoms with Crippen LogP contribution < -0.4 is 9.47 Å². The molecule has 0 fully saturated rings. The van der Waals surface area contributed by atoms with Crippen molar-refractivity contribution >= 4 is 23.7 Å². The molecule has 0 heterocycles. The SMILES string of the molecule is C=C1C=CC=C1.COc1cc(/C=C/C(=O)CC(=O)/C=C/c2ccc(O)c(OC)c2)ccc1O. The fourth-order valence-corrected chi connectivity index (χ4v) is 2.68. The molecule has 2 aromatic carbocycles. The highest BCUT2D eigenvalue weighted by Crippen LogP contribution is 2.27. The van der Waals surface area contributed by atoms with Crippen LogP contribution in [0.3, 0.4) is 0 Å². The third kappa shape index (κ3) is 8.38. The topological polar surface area (TPSA) is 93.1 Å². The van der Waals surface area contributed by atoms with Gasteiger partial charge in [-0.05, 0) is 53.1 Å². The Balaban J connectivity index is 0.000000554. The van der Waals surface area contributed by atoms with E-state index in [0.29, 0.717) is 22.6 Å². The van der Waals surface area contributed by atoms with E-state index in [2.05, 4.69) is 6.58 Å². The number of allylic oxidation sites excluding steroid dienone is 7. The van der Waals surface area contributed by atoms with Crippen molar-refractivity contribution < 1.29 is 29.3 Å². The molecule has 0 saturated heterocycles. The molecule has 2 aromatic rings. The summed E-state index contributed by atoms with van der Waals surface area (Å²) < 4.78 is 10.00. The number of methoxy groups -OCH3 is 2. The van der Waals surface area contributed by atoms with E-state index in [1.165, 1.54) is 38.5 Å². The summed E-state index contributed by atoms with van der Waals surface area (Å²) in [4.78, 5) is 23.9. The molecule has 0 amide bonds. The summed E-state index contributed by atoms with van der Waals surface area (Å²) in [6, 6.07) is 9.34. The van der Waals surface area contributed by atoms with Gasteiger partial charge in [0.25, 0.3) is 0 Å². The lowest BCUT2D eigenvalue weighted by molar-refractivity contribution is -0.121. The van der Waals surface area contributed by atoms with E-state index in [1.54, 1.807) is 36.4 Å². The molecule has 0 spiro atoms. The quantitative estimate of drug-likeness (QED) is 0.436. The van der Waals surface area contributed by atoms with E-state index >= 15 is 0 Å². The summed E-state index contributed by atoms with van der Waals surface area (Å²) in [5.74, 6) is -0.0832. The molecule has 1 aliphatic rings. The zero-order chi connectivity index (χ0) is 24.2. The van der Waals surface area contributed by atoms with Gasteiger partial charge in [0.05, 0.1) is 20.6 Å². The Morgan fingerprint density at radius 3 is 1.58 bits per heavy atom. The predicted octanol–water partition coefficient (Wildman–Crippen LogP) is 5.04. The molecule has 2 N–H and O–H groups in total. The number of rotatable bonds is 8. The molecule has 0 aliphatic heterocycles.